The molecule has 1 aromatic rings. The van der Waals surface area contributed by atoms with Crippen molar-refractivity contribution in [3.05, 3.63) is 28.4 Å². The van der Waals surface area contributed by atoms with Crippen molar-refractivity contribution in [2.75, 3.05) is 5.73 Å². The fourth-order valence-electron chi connectivity index (χ4n) is 0.686. The summed E-state index contributed by atoms with van der Waals surface area (Å²) >= 11 is 0. The lowest BCUT2D eigenvalue weighted by Crippen LogP contribution is -1.96. The van der Waals surface area contributed by atoms with Crippen LogP contribution in [0.5, 0.6) is 0 Å². The predicted octanol–water partition coefficient (Wildman–Crippen LogP) is 2.08. The first-order chi connectivity index (χ1) is 5.57. The minimum absolute atomic E-state index is 0.249. The van der Waals surface area contributed by atoms with Crippen LogP contribution in [-0.4, -0.2) is 0 Å². The van der Waals surface area contributed by atoms with E-state index in [0.717, 1.165) is 0 Å². The van der Waals surface area contributed by atoms with E-state index in [0.29, 0.717) is 0 Å². The molecule has 0 aromatic heterocycles. The Kier molecular flexibility index (Phi) is 1.99. The maximum atomic E-state index is 12.5. The van der Waals surface area contributed by atoms with Gasteiger partial charge in [0.05, 0.1) is 0 Å². The highest BCUT2D eigenvalue weighted by atomic mass is 19.2. The average Bonchev–Trinajstić information content (AvgIpc) is 2.02. The summed E-state index contributed by atoms with van der Waals surface area (Å²) in [5, 5.41) is 2.06. The van der Waals surface area contributed by atoms with Crippen LogP contribution < -0.4 is 5.73 Å². The van der Waals surface area contributed by atoms with E-state index in [4.69, 9.17) is 5.73 Å². The molecule has 1 aromatic carbocycles. The second-order valence-corrected chi connectivity index (χ2v) is 2.01. The number of halogens is 3. The van der Waals surface area contributed by atoms with E-state index in [1.807, 2.05) is 0 Å². The van der Waals surface area contributed by atoms with Gasteiger partial charge >= 0.3 is 0 Å². The van der Waals surface area contributed by atoms with Crippen LogP contribution in [0.25, 0.3) is 0 Å². The number of nitrogen functional groups attached to an aromatic ring is 1. The molecule has 0 unspecified atom stereocenters. The maximum Gasteiger partial charge on any atom is 0.190 e. The van der Waals surface area contributed by atoms with Gasteiger partial charge in [-0.3, -0.25) is 0 Å². The van der Waals surface area contributed by atoms with Crippen LogP contribution in [0.3, 0.4) is 0 Å². The number of nitroso groups, excluding NO2 is 1. The molecule has 0 atom stereocenters. The van der Waals surface area contributed by atoms with E-state index >= 15 is 0 Å². The third-order valence-electron chi connectivity index (χ3n) is 1.27. The van der Waals surface area contributed by atoms with Crippen LogP contribution in [-0.2, 0) is 0 Å². The van der Waals surface area contributed by atoms with Gasteiger partial charge in [-0.15, -0.1) is 4.91 Å². The quantitative estimate of drug-likeness (QED) is 0.404. The Morgan fingerprint density at radius 3 is 2.33 bits per heavy atom. The van der Waals surface area contributed by atoms with Gasteiger partial charge in [-0.2, -0.15) is 0 Å². The zero-order chi connectivity index (χ0) is 9.30. The van der Waals surface area contributed by atoms with Crippen LogP contribution in [0.1, 0.15) is 0 Å². The zero-order valence-electron chi connectivity index (χ0n) is 5.64. The van der Waals surface area contributed by atoms with E-state index < -0.39 is 28.8 Å². The molecule has 0 saturated heterocycles. The van der Waals surface area contributed by atoms with Gasteiger partial charge in [0.1, 0.15) is 5.69 Å². The van der Waals surface area contributed by atoms with Crippen LogP contribution in [0, 0.1) is 22.4 Å². The van der Waals surface area contributed by atoms with Gasteiger partial charge in [-0.05, 0) is 5.18 Å². The SMILES string of the molecule is Nc1c(F)cc(F)c(F)c1N=O. The monoisotopic (exact) mass is 176 g/mol. The minimum Gasteiger partial charge on any atom is -0.394 e. The smallest absolute Gasteiger partial charge is 0.190 e. The number of anilines is 1. The maximum absolute atomic E-state index is 12.5. The Hall–Kier alpha value is -1.59. The van der Waals surface area contributed by atoms with Gasteiger partial charge in [0.15, 0.2) is 23.1 Å². The lowest BCUT2D eigenvalue weighted by atomic mass is 10.2. The van der Waals surface area contributed by atoms with Gasteiger partial charge in [-0.25, -0.2) is 13.2 Å². The molecule has 3 nitrogen and oxygen atoms in total. The topological polar surface area (TPSA) is 55.4 Å². The summed E-state index contributed by atoms with van der Waals surface area (Å²) in [6, 6.07) is 0.249. The van der Waals surface area contributed by atoms with E-state index in [-0.39, 0.29) is 6.07 Å². The summed E-state index contributed by atoms with van der Waals surface area (Å²) < 4.78 is 37.3. The van der Waals surface area contributed by atoms with Gasteiger partial charge in [-0.1, -0.05) is 0 Å². The van der Waals surface area contributed by atoms with Gasteiger partial charge in [0.2, 0.25) is 0 Å². The highest BCUT2D eigenvalue weighted by Crippen LogP contribution is 2.29. The first-order valence-corrected chi connectivity index (χ1v) is 2.84. The third-order valence-corrected chi connectivity index (χ3v) is 1.27. The Morgan fingerprint density at radius 2 is 1.83 bits per heavy atom. The Morgan fingerprint density at radius 1 is 1.25 bits per heavy atom. The third kappa shape index (κ3) is 1.11. The molecule has 0 radical (unpaired) electrons. The van der Waals surface area contributed by atoms with Crippen molar-refractivity contribution in [3.8, 4) is 0 Å². The van der Waals surface area contributed by atoms with Crippen molar-refractivity contribution in [2.24, 2.45) is 5.18 Å². The Labute approximate surface area is 65.0 Å². The molecule has 0 aliphatic rings. The fourth-order valence-corrected chi connectivity index (χ4v) is 0.686. The first-order valence-electron chi connectivity index (χ1n) is 2.84. The summed E-state index contributed by atoms with van der Waals surface area (Å²) in [5.74, 6) is -4.23. The van der Waals surface area contributed by atoms with Crippen molar-refractivity contribution >= 4 is 11.4 Å². The Balaban J connectivity index is 3.52. The highest BCUT2D eigenvalue weighted by Gasteiger charge is 2.16. The number of hydrogen-bond acceptors (Lipinski definition) is 3. The van der Waals surface area contributed by atoms with Crippen molar-refractivity contribution < 1.29 is 13.2 Å². The summed E-state index contributed by atoms with van der Waals surface area (Å²) in [5.41, 5.74) is 3.06. The van der Waals surface area contributed by atoms with Gasteiger partial charge in [0, 0.05) is 6.07 Å². The minimum atomic E-state index is -1.54. The lowest BCUT2D eigenvalue weighted by Gasteiger charge is -2.00. The molecule has 0 amide bonds. The molecule has 1 rings (SSSR count). The summed E-state index contributed by atoms with van der Waals surface area (Å²) in [6.45, 7) is 0. The molecule has 6 heteroatoms. The molecular weight excluding hydrogens is 173 g/mol. The molecule has 0 heterocycles. The molecule has 0 bridgehead atoms. The molecule has 0 aliphatic heterocycles. The fraction of sp³-hybridized carbons (Fsp3) is 0. The van der Waals surface area contributed by atoms with Crippen LogP contribution >= 0.6 is 0 Å². The normalized spacial score (nSPS) is 9.92. The Bertz CT molecular complexity index is 314. The lowest BCUT2D eigenvalue weighted by molar-refractivity contribution is 0.498. The van der Waals surface area contributed by atoms with Gasteiger partial charge < -0.3 is 5.73 Å². The average molecular weight is 176 g/mol. The summed E-state index contributed by atoms with van der Waals surface area (Å²) in [6.07, 6.45) is 0. The molecule has 2 N–H and O–H groups in total. The van der Waals surface area contributed by atoms with Crippen molar-refractivity contribution in [1.82, 2.24) is 0 Å². The van der Waals surface area contributed by atoms with Crippen molar-refractivity contribution in [2.45, 2.75) is 0 Å². The predicted molar refractivity (Wildman–Crippen MR) is 36.2 cm³/mol. The van der Waals surface area contributed by atoms with E-state index in [1.54, 1.807) is 0 Å². The van der Waals surface area contributed by atoms with E-state index in [9.17, 15) is 18.1 Å². The van der Waals surface area contributed by atoms with Crippen molar-refractivity contribution in [1.29, 1.82) is 0 Å². The molecule has 0 saturated carbocycles. The molecule has 0 fully saturated rings. The molecule has 12 heavy (non-hydrogen) atoms. The van der Waals surface area contributed by atoms with Crippen LogP contribution in [0.4, 0.5) is 24.5 Å². The largest absolute Gasteiger partial charge is 0.394 e. The number of nitrogens with two attached hydrogens (primary N) is 1. The number of benzene rings is 1. The van der Waals surface area contributed by atoms with E-state index in [1.165, 1.54) is 0 Å². The van der Waals surface area contributed by atoms with Crippen molar-refractivity contribution in [3.63, 3.8) is 0 Å². The standard InChI is InChI=1S/C6H3F3N2O/c7-2-1-3(8)5(10)6(11-12)4(2)9/h1H,10H2. The summed E-state index contributed by atoms with van der Waals surface area (Å²) in [7, 11) is 0. The van der Waals surface area contributed by atoms with E-state index in [2.05, 4.69) is 5.18 Å². The van der Waals surface area contributed by atoms with Crippen LogP contribution in [0.2, 0.25) is 0 Å². The highest BCUT2D eigenvalue weighted by molar-refractivity contribution is 5.63. The second kappa shape index (κ2) is 2.80. The molecule has 0 aliphatic carbocycles. The number of nitrogens with zero attached hydrogens (tertiary/aromatic N) is 1. The molecular formula is C6H3F3N2O. The van der Waals surface area contributed by atoms with Gasteiger partial charge in [0.25, 0.3) is 0 Å². The van der Waals surface area contributed by atoms with Crippen LogP contribution in [0.15, 0.2) is 11.2 Å². The summed E-state index contributed by atoms with van der Waals surface area (Å²) in [4.78, 5) is 9.85. The molecule has 64 valence electrons. The molecule has 0 spiro atoms. The zero-order valence-corrected chi connectivity index (χ0v) is 5.64. The number of rotatable bonds is 1. The number of hydrogen-bond donors (Lipinski definition) is 1. The first kappa shape index (κ1) is 8.51. The second-order valence-electron chi connectivity index (χ2n) is 2.01.